The second-order valence-corrected chi connectivity index (χ2v) is 6.82. The molecule has 0 bridgehead atoms. The maximum Gasteiger partial charge on any atom is 0.246 e. The lowest BCUT2D eigenvalue weighted by Gasteiger charge is -2.46. The Morgan fingerprint density at radius 2 is 1.85 bits per heavy atom. The van der Waals surface area contributed by atoms with E-state index in [1.54, 1.807) is 0 Å². The standard InChI is InChI=1S/C16H26N2O2/c1-3-12-15(19)17-14(11-8-9-11)16(20)18(12)13-7-5-4-6-10(13)2/h10-14H,3-9H2,1-2H3,(H,17,19). The van der Waals surface area contributed by atoms with Crippen LogP contribution in [0.15, 0.2) is 0 Å². The lowest BCUT2D eigenvalue weighted by Crippen LogP contribution is -2.67. The highest BCUT2D eigenvalue weighted by molar-refractivity contribution is 5.97. The summed E-state index contributed by atoms with van der Waals surface area (Å²) in [6.45, 7) is 4.25. The SMILES string of the molecule is CCC1C(=O)NC(C2CC2)C(=O)N1C1CCCCC1C. The molecule has 20 heavy (non-hydrogen) atoms. The molecule has 0 aromatic rings. The van der Waals surface area contributed by atoms with Gasteiger partial charge in [0.2, 0.25) is 11.8 Å². The summed E-state index contributed by atoms with van der Waals surface area (Å²) >= 11 is 0. The van der Waals surface area contributed by atoms with Crippen molar-refractivity contribution in [3.63, 3.8) is 0 Å². The van der Waals surface area contributed by atoms with Crippen molar-refractivity contribution in [1.29, 1.82) is 0 Å². The van der Waals surface area contributed by atoms with Crippen LogP contribution >= 0.6 is 0 Å². The lowest BCUT2D eigenvalue weighted by atomic mass is 9.83. The third-order valence-corrected chi connectivity index (χ3v) is 5.36. The Labute approximate surface area is 121 Å². The van der Waals surface area contributed by atoms with Gasteiger partial charge >= 0.3 is 0 Å². The fourth-order valence-corrected chi connectivity index (χ4v) is 3.99. The molecule has 4 heteroatoms. The highest BCUT2D eigenvalue weighted by Crippen LogP contribution is 2.38. The van der Waals surface area contributed by atoms with Crippen LogP contribution in [0.25, 0.3) is 0 Å². The van der Waals surface area contributed by atoms with Gasteiger partial charge in [0.25, 0.3) is 0 Å². The van der Waals surface area contributed by atoms with E-state index < -0.39 is 0 Å². The summed E-state index contributed by atoms with van der Waals surface area (Å²) in [5, 5.41) is 2.98. The Balaban J connectivity index is 1.85. The molecule has 0 spiro atoms. The fourth-order valence-electron chi connectivity index (χ4n) is 3.99. The van der Waals surface area contributed by atoms with Gasteiger partial charge in [-0.05, 0) is 43.9 Å². The van der Waals surface area contributed by atoms with E-state index in [0.29, 0.717) is 11.8 Å². The van der Waals surface area contributed by atoms with Crippen LogP contribution in [0.2, 0.25) is 0 Å². The van der Waals surface area contributed by atoms with Crippen LogP contribution in [-0.4, -0.2) is 34.8 Å². The molecule has 2 amide bonds. The molecule has 1 saturated heterocycles. The topological polar surface area (TPSA) is 49.4 Å². The Bertz CT molecular complexity index is 405. The van der Waals surface area contributed by atoms with Gasteiger partial charge in [-0.15, -0.1) is 0 Å². The predicted octanol–water partition coefficient (Wildman–Crippen LogP) is 2.08. The van der Waals surface area contributed by atoms with Gasteiger partial charge in [-0.1, -0.05) is 26.7 Å². The minimum Gasteiger partial charge on any atom is -0.342 e. The second kappa shape index (κ2) is 5.38. The van der Waals surface area contributed by atoms with Gasteiger partial charge in [-0.3, -0.25) is 9.59 Å². The molecule has 0 aromatic heterocycles. The number of carbonyl (C=O) groups excluding carboxylic acids is 2. The molecule has 3 fully saturated rings. The number of rotatable bonds is 3. The summed E-state index contributed by atoms with van der Waals surface area (Å²) in [5.74, 6) is 1.18. The summed E-state index contributed by atoms with van der Waals surface area (Å²) in [6, 6.07) is -0.212. The van der Waals surface area contributed by atoms with Crippen LogP contribution in [0.3, 0.4) is 0 Å². The predicted molar refractivity (Wildman–Crippen MR) is 77.0 cm³/mol. The summed E-state index contributed by atoms with van der Waals surface area (Å²) in [7, 11) is 0. The van der Waals surface area contributed by atoms with E-state index >= 15 is 0 Å². The first-order valence-electron chi connectivity index (χ1n) is 8.26. The normalized spacial score (nSPS) is 38.8. The number of amides is 2. The second-order valence-electron chi connectivity index (χ2n) is 6.82. The summed E-state index contributed by atoms with van der Waals surface area (Å²) in [6.07, 6.45) is 7.58. The van der Waals surface area contributed by atoms with Crippen molar-refractivity contribution in [2.45, 2.75) is 76.9 Å². The van der Waals surface area contributed by atoms with Gasteiger partial charge in [0, 0.05) is 6.04 Å². The fraction of sp³-hybridized carbons (Fsp3) is 0.875. The minimum absolute atomic E-state index is 0.0711. The lowest BCUT2D eigenvalue weighted by molar-refractivity contribution is -0.155. The zero-order valence-corrected chi connectivity index (χ0v) is 12.6. The third kappa shape index (κ3) is 2.33. The van der Waals surface area contributed by atoms with Crippen LogP contribution in [0.5, 0.6) is 0 Å². The molecule has 2 saturated carbocycles. The summed E-state index contributed by atoms with van der Waals surface area (Å²) < 4.78 is 0. The summed E-state index contributed by atoms with van der Waals surface area (Å²) in [4.78, 5) is 27.2. The van der Waals surface area contributed by atoms with Crippen molar-refractivity contribution in [3.05, 3.63) is 0 Å². The van der Waals surface area contributed by atoms with Gasteiger partial charge in [-0.25, -0.2) is 0 Å². The average molecular weight is 278 g/mol. The molecule has 0 aromatic carbocycles. The molecular formula is C16H26N2O2. The van der Waals surface area contributed by atoms with Crippen LogP contribution in [0.4, 0.5) is 0 Å². The largest absolute Gasteiger partial charge is 0.342 e. The first kappa shape index (κ1) is 13.9. The monoisotopic (exact) mass is 278 g/mol. The van der Waals surface area contributed by atoms with Crippen molar-refractivity contribution in [2.24, 2.45) is 11.8 Å². The maximum absolute atomic E-state index is 12.9. The number of nitrogens with one attached hydrogen (secondary N) is 1. The van der Waals surface area contributed by atoms with E-state index in [0.717, 1.165) is 25.7 Å². The first-order chi connectivity index (χ1) is 9.63. The number of nitrogens with zero attached hydrogens (tertiary/aromatic N) is 1. The maximum atomic E-state index is 12.9. The molecule has 3 aliphatic rings. The van der Waals surface area contributed by atoms with Gasteiger partial charge < -0.3 is 10.2 Å². The van der Waals surface area contributed by atoms with E-state index in [-0.39, 0.29) is 29.9 Å². The zero-order chi connectivity index (χ0) is 14.3. The smallest absolute Gasteiger partial charge is 0.246 e. The van der Waals surface area contributed by atoms with E-state index in [9.17, 15) is 9.59 Å². The number of carbonyl (C=O) groups is 2. The van der Waals surface area contributed by atoms with Gasteiger partial charge in [0.1, 0.15) is 12.1 Å². The van der Waals surface area contributed by atoms with Gasteiger partial charge in [0.05, 0.1) is 0 Å². The van der Waals surface area contributed by atoms with E-state index in [2.05, 4.69) is 12.2 Å². The Morgan fingerprint density at radius 3 is 2.45 bits per heavy atom. The molecule has 4 atom stereocenters. The Kier molecular flexibility index (Phi) is 3.74. The summed E-state index contributed by atoms with van der Waals surface area (Å²) in [5.41, 5.74) is 0. The number of piperazine rings is 1. The molecule has 112 valence electrons. The van der Waals surface area contributed by atoms with Crippen LogP contribution in [0.1, 0.15) is 58.8 Å². The average Bonchev–Trinajstić information content (AvgIpc) is 3.26. The van der Waals surface area contributed by atoms with Crippen molar-refractivity contribution >= 4 is 11.8 Å². The quantitative estimate of drug-likeness (QED) is 0.859. The highest BCUT2D eigenvalue weighted by atomic mass is 16.2. The third-order valence-electron chi connectivity index (χ3n) is 5.36. The molecule has 1 N–H and O–H groups in total. The molecular weight excluding hydrogens is 252 g/mol. The molecule has 1 aliphatic heterocycles. The van der Waals surface area contributed by atoms with Gasteiger partial charge in [0.15, 0.2) is 0 Å². The van der Waals surface area contributed by atoms with Crippen molar-refractivity contribution in [2.75, 3.05) is 0 Å². The first-order valence-corrected chi connectivity index (χ1v) is 8.26. The number of hydrogen-bond donors (Lipinski definition) is 1. The molecule has 2 aliphatic carbocycles. The number of hydrogen-bond acceptors (Lipinski definition) is 2. The van der Waals surface area contributed by atoms with Crippen LogP contribution in [0, 0.1) is 11.8 Å². The van der Waals surface area contributed by atoms with Crippen LogP contribution < -0.4 is 5.32 Å². The molecule has 0 radical (unpaired) electrons. The molecule has 3 rings (SSSR count). The minimum atomic E-state index is -0.247. The van der Waals surface area contributed by atoms with Crippen molar-refractivity contribution in [1.82, 2.24) is 10.2 Å². The molecule has 4 nitrogen and oxygen atoms in total. The van der Waals surface area contributed by atoms with Crippen LogP contribution in [-0.2, 0) is 9.59 Å². The Morgan fingerprint density at radius 1 is 1.15 bits per heavy atom. The van der Waals surface area contributed by atoms with E-state index in [1.165, 1.54) is 19.3 Å². The van der Waals surface area contributed by atoms with Gasteiger partial charge in [-0.2, -0.15) is 0 Å². The van der Waals surface area contributed by atoms with E-state index in [4.69, 9.17) is 0 Å². The Hall–Kier alpha value is -1.06. The highest BCUT2D eigenvalue weighted by Gasteiger charge is 2.49. The van der Waals surface area contributed by atoms with Crippen molar-refractivity contribution < 1.29 is 9.59 Å². The molecule has 1 heterocycles. The van der Waals surface area contributed by atoms with E-state index in [1.807, 2.05) is 11.8 Å². The van der Waals surface area contributed by atoms with Crippen molar-refractivity contribution in [3.8, 4) is 0 Å². The zero-order valence-electron chi connectivity index (χ0n) is 12.6. The molecule has 4 unspecified atom stereocenters.